The zero-order valence-electron chi connectivity index (χ0n) is 11.9. The van der Waals surface area contributed by atoms with Gasteiger partial charge in [0.15, 0.2) is 0 Å². The molecule has 0 aliphatic carbocycles. The summed E-state index contributed by atoms with van der Waals surface area (Å²) in [5.41, 5.74) is 1.19. The molecule has 1 unspecified atom stereocenters. The summed E-state index contributed by atoms with van der Waals surface area (Å²) >= 11 is 1.49. The largest absolute Gasteiger partial charge is 0.347 e. The molecule has 0 radical (unpaired) electrons. The van der Waals surface area contributed by atoms with Crippen molar-refractivity contribution in [2.75, 3.05) is 37.0 Å². The highest BCUT2D eigenvalue weighted by atomic mass is 32.1. The van der Waals surface area contributed by atoms with E-state index < -0.39 is 0 Å². The fourth-order valence-electron chi connectivity index (χ4n) is 2.51. The van der Waals surface area contributed by atoms with E-state index in [4.69, 9.17) is 0 Å². The highest BCUT2D eigenvalue weighted by Crippen LogP contribution is 2.28. The minimum atomic E-state index is 0.664. The van der Waals surface area contributed by atoms with Gasteiger partial charge < -0.3 is 9.80 Å². The number of rotatable bonds is 4. The normalized spacial score (nSPS) is 18.5. The highest BCUT2D eigenvalue weighted by Gasteiger charge is 2.25. The maximum absolute atomic E-state index is 4.58. The fraction of sp³-hybridized carbons (Fsp3) is 0.500. The quantitative estimate of drug-likeness (QED) is 0.862. The summed E-state index contributed by atoms with van der Waals surface area (Å²) < 4.78 is 4.37. The minimum Gasteiger partial charge on any atom is -0.347 e. The summed E-state index contributed by atoms with van der Waals surface area (Å²) in [6.45, 7) is 2.12. The highest BCUT2D eigenvalue weighted by molar-refractivity contribution is 7.09. The van der Waals surface area contributed by atoms with Crippen molar-refractivity contribution in [2.24, 2.45) is 5.92 Å². The van der Waals surface area contributed by atoms with E-state index in [1.165, 1.54) is 23.6 Å². The third kappa shape index (κ3) is 2.90. The predicted molar refractivity (Wildman–Crippen MR) is 82.5 cm³/mol. The Balaban J connectivity index is 1.61. The molecule has 0 spiro atoms. The molecular formula is C14H19N5S. The van der Waals surface area contributed by atoms with Crippen molar-refractivity contribution in [1.82, 2.24) is 14.3 Å². The molecule has 1 fully saturated rings. The number of aromatic nitrogens is 3. The zero-order chi connectivity index (χ0) is 13.9. The van der Waals surface area contributed by atoms with E-state index in [1.54, 1.807) is 0 Å². The second kappa shape index (κ2) is 5.75. The van der Waals surface area contributed by atoms with Crippen LogP contribution in [0.2, 0.25) is 0 Å². The van der Waals surface area contributed by atoms with Crippen LogP contribution in [-0.4, -0.2) is 41.5 Å². The standard InChI is InChI=1S/C14H19N5S/c1-18(2)13-16-14(20-17-13)19-8-6-11(10-19)9-12-5-3-4-7-15-12/h3-5,7,11H,6,8-10H2,1-2H3. The summed E-state index contributed by atoms with van der Waals surface area (Å²) in [6.07, 6.45) is 4.13. The van der Waals surface area contributed by atoms with Crippen molar-refractivity contribution in [3.05, 3.63) is 30.1 Å². The lowest BCUT2D eigenvalue weighted by Gasteiger charge is -2.14. The van der Waals surface area contributed by atoms with Gasteiger partial charge >= 0.3 is 0 Å². The van der Waals surface area contributed by atoms with E-state index in [0.29, 0.717) is 5.92 Å². The first-order valence-electron chi connectivity index (χ1n) is 6.88. The van der Waals surface area contributed by atoms with Crippen LogP contribution < -0.4 is 9.80 Å². The van der Waals surface area contributed by atoms with Gasteiger partial charge in [-0.3, -0.25) is 4.98 Å². The van der Waals surface area contributed by atoms with Crippen molar-refractivity contribution in [1.29, 1.82) is 0 Å². The SMILES string of the molecule is CN(C)c1nsc(N2CCC(Cc3ccccn3)C2)n1. The van der Waals surface area contributed by atoms with Gasteiger partial charge in [-0.2, -0.15) is 9.36 Å². The molecule has 0 bridgehead atoms. The number of anilines is 2. The van der Waals surface area contributed by atoms with Crippen molar-refractivity contribution < 1.29 is 0 Å². The molecule has 0 amide bonds. The first-order valence-corrected chi connectivity index (χ1v) is 7.65. The summed E-state index contributed by atoms with van der Waals surface area (Å²) in [6, 6.07) is 6.13. The molecule has 20 heavy (non-hydrogen) atoms. The van der Waals surface area contributed by atoms with Gasteiger partial charge in [-0.05, 0) is 30.9 Å². The Morgan fingerprint density at radius 3 is 3.00 bits per heavy atom. The van der Waals surface area contributed by atoms with Crippen LogP contribution in [0.25, 0.3) is 0 Å². The van der Waals surface area contributed by atoms with E-state index in [2.05, 4.69) is 31.4 Å². The lowest BCUT2D eigenvalue weighted by atomic mass is 10.0. The van der Waals surface area contributed by atoms with Crippen LogP contribution in [0.3, 0.4) is 0 Å². The lowest BCUT2D eigenvalue weighted by molar-refractivity contribution is 0.578. The fourth-order valence-corrected chi connectivity index (χ4v) is 3.28. The second-order valence-corrected chi connectivity index (χ2v) is 6.13. The molecule has 1 aliphatic rings. The Morgan fingerprint density at radius 1 is 1.40 bits per heavy atom. The molecule has 1 aliphatic heterocycles. The van der Waals surface area contributed by atoms with Gasteiger partial charge in [0.05, 0.1) is 0 Å². The smallest absolute Gasteiger partial charge is 0.238 e. The molecule has 1 atom stereocenters. The predicted octanol–water partition coefficient (Wildman–Crippen LogP) is 2.07. The summed E-state index contributed by atoms with van der Waals surface area (Å²) in [5, 5.41) is 1.04. The van der Waals surface area contributed by atoms with Crippen LogP contribution >= 0.6 is 11.5 Å². The van der Waals surface area contributed by atoms with Crippen LogP contribution in [0.15, 0.2) is 24.4 Å². The van der Waals surface area contributed by atoms with E-state index in [-0.39, 0.29) is 0 Å². The maximum Gasteiger partial charge on any atom is 0.238 e. The molecule has 0 saturated carbocycles. The maximum atomic E-state index is 4.58. The molecule has 6 heteroatoms. The average Bonchev–Trinajstić information content (AvgIpc) is 3.08. The number of nitrogens with zero attached hydrogens (tertiary/aromatic N) is 5. The van der Waals surface area contributed by atoms with Gasteiger partial charge in [0.1, 0.15) is 0 Å². The zero-order valence-corrected chi connectivity index (χ0v) is 12.7. The summed E-state index contributed by atoms with van der Waals surface area (Å²) in [4.78, 5) is 13.3. The molecule has 3 rings (SSSR count). The molecule has 3 heterocycles. The van der Waals surface area contributed by atoms with Crippen molar-refractivity contribution >= 4 is 22.6 Å². The van der Waals surface area contributed by atoms with Gasteiger partial charge in [0.2, 0.25) is 11.1 Å². The van der Waals surface area contributed by atoms with Crippen LogP contribution in [0, 0.1) is 5.92 Å². The number of pyridine rings is 1. The first kappa shape index (κ1) is 13.3. The topological polar surface area (TPSA) is 45.2 Å². The van der Waals surface area contributed by atoms with E-state index in [9.17, 15) is 0 Å². The molecule has 1 saturated heterocycles. The van der Waals surface area contributed by atoms with E-state index in [0.717, 1.165) is 30.6 Å². The third-order valence-electron chi connectivity index (χ3n) is 3.58. The van der Waals surface area contributed by atoms with Crippen LogP contribution in [0.1, 0.15) is 12.1 Å². The van der Waals surface area contributed by atoms with Gasteiger partial charge in [0, 0.05) is 50.6 Å². The summed E-state index contributed by atoms with van der Waals surface area (Å²) in [5.74, 6) is 1.47. The monoisotopic (exact) mass is 289 g/mol. The molecule has 2 aromatic rings. The van der Waals surface area contributed by atoms with E-state index >= 15 is 0 Å². The molecule has 106 valence electrons. The van der Waals surface area contributed by atoms with Gasteiger partial charge in [0.25, 0.3) is 0 Å². The Kier molecular flexibility index (Phi) is 3.82. The molecule has 0 N–H and O–H groups in total. The van der Waals surface area contributed by atoms with Crippen LogP contribution in [0.4, 0.5) is 11.1 Å². The average molecular weight is 289 g/mol. The third-order valence-corrected chi connectivity index (χ3v) is 4.35. The Bertz CT molecular complexity index is 554. The second-order valence-electron chi connectivity index (χ2n) is 5.40. The van der Waals surface area contributed by atoms with Crippen molar-refractivity contribution in [2.45, 2.75) is 12.8 Å². The molecule has 5 nitrogen and oxygen atoms in total. The minimum absolute atomic E-state index is 0.664. The lowest BCUT2D eigenvalue weighted by Crippen LogP contribution is -2.20. The molecule has 0 aromatic carbocycles. The van der Waals surface area contributed by atoms with Gasteiger partial charge in [-0.1, -0.05) is 6.07 Å². The Labute approximate surface area is 123 Å². The van der Waals surface area contributed by atoms with Gasteiger partial charge in [-0.15, -0.1) is 0 Å². The Morgan fingerprint density at radius 2 is 2.30 bits per heavy atom. The van der Waals surface area contributed by atoms with Crippen molar-refractivity contribution in [3.8, 4) is 0 Å². The van der Waals surface area contributed by atoms with Crippen LogP contribution in [-0.2, 0) is 6.42 Å². The van der Waals surface area contributed by atoms with Gasteiger partial charge in [-0.25, -0.2) is 0 Å². The Hall–Kier alpha value is -1.69. The first-order chi connectivity index (χ1) is 9.72. The van der Waals surface area contributed by atoms with Crippen molar-refractivity contribution in [3.63, 3.8) is 0 Å². The molecule has 2 aromatic heterocycles. The summed E-state index contributed by atoms with van der Waals surface area (Å²) in [7, 11) is 3.94. The number of hydrogen-bond donors (Lipinski definition) is 0. The van der Waals surface area contributed by atoms with E-state index in [1.807, 2.05) is 31.3 Å². The molecular weight excluding hydrogens is 270 g/mol. The van der Waals surface area contributed by atoms with Crippen LogP contribution in [0.5, 0.6) is 0 Å². The number of hydrogen-bond acceptors (Lipinski definition) is 6.